The number of carbonyl (C=O) groups excluding carboxylic acids is 1. The lowest BCUT2D eigenvalue weighted by Crippen LogP contribution is -2.01. The lowest BCUT2D eigenvalue weighted by molar-refractivity contribution is 0.0563. The van der Waals surface area contributed by atoms with Crippen molar-refractivity contribution in [3.8, 4) is 11.6 Å². The van der Waals surface area contributed by atoms with Crippen LogP contribution >= 0.6 is 11.8 Å². The molecule has 130 valence electrons. The van der Waals surface area contributed by atoms with Gasteiger partial charge in [0.25, 0.3) is 0 Å². The molecule has 25 heavy (non-hydrogen) atoms. The summed E-state index contributed by atoms with van der Waals surface area (Å²) in [6, 6.07) is 6.98. The van der Waals surface area contributed by atoms with Crippen molar-refractivity contribution < 1.29 is 18.4 Å². The third-order valence-electron chi connectivity index (χ3n) is 3.47. The molecule has 3 aromatic heterocycles. The number of nitrogens with zero attached hydrogens (tertiary/aromatic N) is 3. The Labute approximate surface area is 148 Å². The van der Waals surface area contributed by atoms with Gasteiger partial charge in [0, 0.05) is 6.54 Å². The quantitative estimate of drug-likeness (QED) is 0.359. The summed E-state index contributed by atoms with van der Waals surface area (Å²) in [5.41, 5.74) is 0. The highest BCUT2D eigenvalue weighted by Crippen LogP contribution is 2.36. The number of furan rings is 2. The van der Waals surface area contributed by atoms with Crippen molar-refractivity contribution in [3.63, 3.8) is 0 Å². The first-order valence-electron chi connectivity index (χ1n) is 7.56. The van der Waals surface area contributed by atoms with Gasteiger partial charge in [-0.2, -0.15) is 0 Å². The maximum absolute atomic E-state index is 11.5. The first-order valence-corrected chi connectivity index (χ1v) is 8.44. The van der Waals surface area contributed by atoms with Crippen LogP contribution in [0.5, 0.6) is 0 Å². The molecule has 0 aliphatic carbocycles. The SMILES string of the molecule is C=CCn1c(SC(C)c2ccc(C(=O)OC)o2)nnc1-c1ccco1. The van der Waals surface area contributed by atoms with Gasteiger partial charge in [0.2, 0.25) is 11.6 Å². The third-order valence-corrected chi connectivity index (χ3v) is 4.57. The molecule has 0 aliphatic rings. The summed E-state index contributed by atoms with van der Waals surface area (Å²) in [6.45, 7) is 6.29. The minimum absolute atomic E-state index is 0.0735. The van der Waals surface area contributed by atoms with Crippen molar-refractivity contribution in [1.82, 2.24) is 14.8 Å². The molecular weight excluding hydrogens is 342 g/mol. The number of aromatic nitrogens is 3. The molecule has 0 aromatic carbocycles. The molecule has 0 saturated carbocycles. The van der Waals surface area contributed by atoms with E-state index in [1.54, 1.807) is 30.5 Å². The molecule has 3 aromatic rings. The Morgan fingerprint density at radius 3 is 2.96 bits per heavy atom. The Morgan fingerprint density at radius 2 is 2.28 bits per heavy atom. The predicted molar refractivity (Wildman–Crippen MR) is 92.2 cm³/mol. The molecule has 0 aliphatic heterocycles. The summed E-state index contributed by atoms with van der Waals surface area (Å²) in [6.07, 6.45) is 3.36. The monoisotopic (exact) mass is 359 g/mol. The van der Waals surface area contributed by atoms with E-state index in [1.807, 2.05) is 17.6 Å². The van der Waals surface area contributed by atoms with Gasteiger partial charge < -0.3 is 13.6 Å². The molecule has 0 saturated heterocycles. The van der Waals surface area contributed by atoms with Crippen LogP contribution in [0, 0.1) is 0 Å². The van der Waals surface area contributed by atoms with Crippen LogP contribution in [0.15, 0.2) is 57.2 Å². The number of hydrogen-bond acceptors (Lipinski definition) is 7. The molecule has 0 bridgehead atoms. The predicted octanol–water partition coefficient (Wildman–Crippen LogP) is 3.96. The van der Waals surface area contributed by atoms with E-state index in [0.29, 0.717) is 29.0 Å². The van der Waals surface area contributed by atoms with Crippen LogP contribution in [-0.4, -0.2) is 27.8 Å². The van der Waals surface area contributed by atoms with Crippen molar-refractivity contribution in [2.75, 3.05) is 7.11 Å². The molecule has 0 fully saturated rings. The fourth-order valence-corrected chi connectivity index (χ4v) is 3.19. The molecule has 7 nitrogen and oxygen atoms in total. The van der Waals surface area contributed by atoms with Crippen molar-refractivity contribution in [2.24, 2.45) is 0 Å². The standard InChI is InChI=1S/C17H17N3O4S/c1-4-9-20-15(13-6-5-10-23-13)18-19-17(20)25-11(2)12-7-8-14(24-12)16(21)22-3/h4-8,10-11H,1,9H2,2-3H3. The van der Waals surface area contributed by atoms with Crippen molar-refractivity contribution in [3.05, 3.63) is 54.7 Å². The number of esters is 1. The zero-order valence-electron chi connectivity index (χ0n) is 13.8. The highest BCUT2D eigenvalue weighted by Gasteiger charge is 2.21. The van der Waals surface area contributed by atoms with Crippen LogP contribution in [0.4, 0.5) is 0 Å². The zero-order chi connectivity index (χ0) is 17.8. The molecule has 3 heterocycles. The smallest absolute Gasteiger partial charge is 0.373 e. The normalized spacial score (nSPS) is 12.1. The van der Waals surface area contributed by atoms with Crippen molar-refractivity contribution in [2.45, 2.75) is 23.9 Å². The van der Waals surface area contributed by atoms with Crippen LogP contribution in [0.3, 0.4) is 0 Å². The van der Waals surface area contributed by atoms with E-state index >= 15 is 0 Å². The number of rotatable bonds is 7. The summed E-state index contributed by atoms with van der Waals surface area (Å²) in [4.78, 5) is 11.5. The highest BCUT2D eigenvalue weighted by molar-refractivity contribution is 7.99. The van der Waals surface area contributed by atoms with E-state index in [4.69, 9.17) is 8.83 Å². The first-order chi connectivity index (χ1) is 12.1. The lowest BCUT2D eigenvalue weighted by Gasteiger charge is -2.10. The fraction of sp³-hybridized carbons (Fsp3) is 0.235. The summed E-state index contributed by atoms with van der Waals surface area (Å²) in [5.74, 6) is 1.60. The van der Waals surface area contributed by atoms with E-state index in [0.717, 1.165) is 0 Å². The molecule has 8 heteroatoms. The summed E-state index contributed by atoms with van der Waals surface area (Å²) >= 11 is 1.47. The van der Waals surface area contributed by atoms with Crippen molar-refractivity contribution >= 4 is 17.7 Å². The summed E-state index contributed by atoms with van der Waals surface area (Å²) in [7, 11) is 1.32. The van der Waals surface area contributed by atoms with E-state index in [2.05, 4.69) is 21.5 Å². The maximum Gasteiger partial charge on any atom is 0.373 e. The van der Waals surface area contributed by atoms with Crippen LogP contribution in [0.1, 0.15) is 28.5 Å². The van der Waals surface area contributed by atoms with Crippen LogP contribution in [0.2, 0.25) is 0 Å². The number of hydrogen-bond donors (Lipinski definition) is 0. The largest absolute Gasteiger partial charge is 0.463 e. The van der Waals surface area contributed by atoms with Gasteiger partial charge in [-0.05, 0) is 31.2 Å². The second-order valence-corrected chi connectivity index (χ2v) is 6.44. The van der Waals surface area contributed by atoms with Gasteiger partial charge in [-0.15, -0.1) is 16.8 Å². The third kappa shape index (κ3) is 3.53. The second kappa shape index (κ2) is 7.43. The Morgan fingerprint density at radius 1 is 1.44 bits per heavy atom. The van der Waals surface area contributed by atoms with Gasteiger partial charge in [0.15, 0.2) is 10.9 Å². The van der Waals surface area contributed by atoms with Gasteiger partial charge in [-0.3, -0.25) is 4.57 Å². The molecule has 0 radical (unpaired) electrons. The lowest BCUT2D eigenvalue weighted by atomic mass is 10.3. The number of allylic oxidation sites excluding steroid dienone is 1. The average molecular weight is 359 g/mol. The average Bonchev–Trinajstić information content (AvgIpc) is 3.35. The van der Waals surface area contributed by atoms with Crippen molar-refractivity contribution in [1.29, 1.82) is 0 Å². The van der Waals surface area contributed by atoms with E-state index in [-0.39, 0.29) is 11.0 Å². The minimum Gasteiger partial charge on any atom is -0.463 e. The number of ether oxygens (including phenoxy) is 1. The van der Waals surface area contributed by atoms with Gasteiger partial charge >= 0.3 is 5.97 Å². The Hall–Kier alpha value is -2.74. The van der Waals surface area contributed by atoms with E-state index in [1.165, 1.54) is 18.9 Å². The van der Waals surface area contributed by atoms with Gasteiger partial charge in [-0.25, -0.2) is 4.79 Å². The fourth-order valence-electron chi connectivity index (χ4n) is 2.26. The van der Waals surface area contributed by atoms with Gasteiger partial charge in [0.1, 0.15) is 5.76 Å². The highest BCUT2D eigenvalue weighted by atomic mass is 32.2. The maximum atomic E-state index is 11.5. The molecule has 1 unspecified atom stereocenters. The zero-order valence-corrected chi connectivity index (χ0v) is 14.7. The molecule has 3 rings (SSSR count). The summed E-state index contributed by atoms with van der Waals surface area (Å²) in [5, 5.41) is 9.10. The first kappa shape index (κ1) is 17.1. The molecule has 0 amide bonds. The minimum atomic E-state index is -0.502. The Kier molecular flexibility index (Phi) is 5.08. The van der Waals surface area contributed by atoms with Crippen LogP contribution in [0.25, 0.3) is 11.6 Å². The summed E-state index contributed by atoms with van der Waals surface area (Å²) < 4.78 is 17.5. The Bertz CT molecular complexity index is 866. The molecule has 1 atom stereocenters. The van der Waals surface area contributed by atoms with Gasteiger partial charge in [-0.1, -0.05) is 17.8 Å². The number of methoxy groups -OCH3 is 1. The molecular formula is C17H17N3O4S. The molecule has 0 spiro atoms. The molecule has 0 N–H and O–H groups in total. The van der Waals surface area contributed by atoms with Crippen LogP contribution in [-0.2, 0) is 11.3 Å². The topological polar surface area (TPSA) is 83.3 Å². The number of thioether (sulfide) groups is 1. The van der Waals surface area contributed by atoms with Crippen LogP contribution < -0.4 is 0 Å². The Balaban J connectivity index is 1.83. The van der Waals surface area contributed by atoms with Gasteiger partial charge in [0.05, 0.1) is 18.6 Å². The van der Waals surface area contributed by atoms with E-state index < -0.39 is 5.97 Å². The number of carbonyl (C=O) groups is 1. The second-order valence-electron chi connectivity index (χ2n) is 5.14. The van der Waals surface area contributed by atoms with E-state index in [9.17, 15) is 4.79 Å².